The Kier molecular flexibility index (Phi) is 6.66. The van der Waals surface area contributed by atoms with Gasteiger partial charge in [-0.15, -0.1) is 0 Å². The second-order valence-electron chi connectivity index (χ2n) is 8.95. The number of nitrogens with zero attached hydrogens (tertiary/aromatic N) is 2. The van der Waals surface area contributed by atoms with Gasteiger partial charge in [0.15, 0.2) is 0 Å². The molecule has 2 heterocycles. The Balaban J connectivity index is 1.25. The van der Waals surface area contributed by atoms with E-state index in [1.807, 2.05) is 12.1 Å². The molecular weight excluding hydrogens is 449 g/mol. The number of piperidine rings is 1. The smallest absolute Gasteiger partial charge is 0.227 e. The number of hydrogen-bond donors (Lipinski definition) is 1. The van der Waals surface area contributed by atoms with E-state index >= 15 is 0 Å². The van der Waals surface area contributed by atoms with E-state index in [2.05, 4.69) is 57.2 Å². The lowest BCUT2D eigenvalue weighted by Crippen LogP contribution is -2.38. The van der Waals surface area contributed by atoms with Gasteiger partial charge in [-0.3, -0.25) is 9.69 Å². The van der Waals surface area contributed by atoms with Gasteiger partial charge in [-0.25, -0.2) is 4.39 Å². The summed E-state index contributed by atoms with van der Waals surface area (Å²) in [5, 5.41) is 4.90. The summed E-state index contributed by atoms with van der Waals surface area (Å²) in [6.07, 6.45) is 1.62. The molecule has 0 radical (unpaired) electrons. The zero-order chi connectivity index (χ0) is 23.5. The molecule has 1 aliphatic rings. The highest BCUT2D eigenvalue weighted by atomic mass is 35.5. The van der Waals surface area contributed by atoms with Crippen molar-refractivity contribution < 1.29 is 9.18 Å². The molecule has 34 heavy (non-hydrogen) atoms. The Morgan fingerprint density at radius 2 is 1.65 bits per heavy atom. The van der Waals surface area contributed by atoms with Gasteiger partial charge in [0, 0.05) is 40.9 Å². The monoisotopic (exact) mass is 475 g/mol. The van der Waals surface area contributed by atoms with Crippen molar-refractivity contribution in [3.8, 4) is 0 Å². The number of carbonyl (C=O) groups excluding carboxylic acids is 1. The topological polar surface area (TPSA) is 37.3 Å². The minimum Gasteiger partial charge on any atom is -0.339 e. The van der Waals surface area contributed by atoms with E-state index in [0.717, 1.165) is 44.0 Å². The molecule has 0 bridgehead atoms. The summed E-state index contributed by atoms with van der Waals surface area (Å²) in [4.78, 5) is 15.1. The highest BCUT2D eigenvalue weighted by Crippen LogP contribution is 2.26. The minimum atomic E-state index is -0.306. The number of fused-ring (bicyclic) bond motifs is 1. The molecule has 1 fully saturated rings. The van der Waals surface area contributed by atoms with Crippen LogP contribution in [0.5, 0.6) is 0 Å². The number of benzene rings is 3. The summed E-state index contributed by atoms with van der Waals surface area (Å²) in [5.74, 6) is -0.316. The molecule has 1 amide bonds. The number of amides is 1. The Labute approximate surface area is 204 Å². The van der Waals surface area contributed by atoms with Gasteiger partial charge in [0.2, 0.25) is 5.91 Å². The van der Waals surface area contributed by atoms with Crippen LogP contribution in [-0.2, 0) is 17.9 Å². The SMILES string of the molecule is O=C(Nc1ccc(F)cc1)C1CCN(Cc2cc3ccccc3n2Cc2ccc(Cl)cc2)CC1. The zero-order valence-electron chi connectivity index (χ0n) is 18.9. The van der Waals surface area contributed by atoms with Crippen LogP contribution in [0, 0.1) is 11.7 Å². The maximum atomic E-state index is 13.1. The van der Waals surface area contributed by atoms with Crippen molar-refractivity contribution >= 4 is 34.1 Å². The fourth-order valence-electron chi connectivity index (χ4n) is 4.72. The quantitative estimate of drug-likeness (QED) is 0.353. The van der Waals surface area contributed by atoms with E-state index in [9.17, 15) is 9.18 Å². The largest absolute Gasteiger partial charge is 0.339 e. The average Bonchev–Trinajstić information content (AvgIpc) is 3.19. The van der Waals surface area contributed by atoms with Crippen molar-refractivity contribution in [1.82, 2.24) is 9.47 Å². The first-order valence-electron chi connectivity index (χ1n) is 11.7. The predicted octanol–water partition coefficient (Wildman–Crippen LogP) is 6.33. The number of likely N-dealkylation sites (tertiary alicyclic amines) is 1. The molecule has 5 rings (SSSR count). The highest BCUT2D eigenvalue weighted by Gasteiger charge is 2.26. The molecule has 1 N–H and O–H groups in total. The van der Waals surface area contributed by atoms with Gasteiger partial charge < -0.3 is 9.88 Å². The Morgan fingerprint density at radius 3 is 2.38 bits per heavy atom. The number of para-hydroxylation sites is 1. The van der Waals surface area contributed by atoms with E-state index in [-0.39, 0.29) is 17.6 Å². The Bertz CT molecular complexity index is 1280. The van der Waals surface area contributed by atoms with Crippen LogP contribution in [0.2, 0.25) is 5.02 Å². The van der Waals surface area contributed by atoms with Crippen molar-refractivity contribution in [2.75, 3.05) is 18.4 Å². The van der Waals surface area contributed by atoms with E-state index < -0.39 is 0 Å². The second kappa shape index (κ2) is 10.00. The highest BCUT2D eigenvalue weighted by molar-refractivity contribution is 6.30. The second-order valence-corrected chi connectivity index (χ2v) is 9.39. The zero-order valence-corrected chi connectivity index (χ0v) is 19.6. The number of aromatic nitrogens is 1. The molecule has 6 heteroatoms. The van der Waals surface area contributed by atoms with Crippen LogP contribution in [0.1, 0.15) is 24.1 Å². The molecule has 4 nitrogen and oxygen atoms in total. The predicted molar refractivity (Wildman–Crippen MR) is 136 cm³/mol. The molecule has 1 aromatic heterocycles. The Hall–Kier alpha value is -3.15. The van der Waals surface area contributed by atoms with E-state index in [0.29, 0.717) is 5.69 Å². The molecule has 0 saturated carbocycles. The first kappa shape index (κ1) is 22.6. The standard InChI is InChI=1S/C28H27ClFN3O/c29-23-7-5-20(6-8-23)18-33-26(17-22-3-1-2-4-27(22)33)19-32-15-13-21(14-16-32)28(34)31-25-11-9-24(30)10-12-25/h1-12,17,21H,13-16,18-19H2,(H,31,34). The van der Waals surface area contributed by atoms with Gasteiger partial charge >= 0.3 is 0 Å². The van der Waals surface area contributed by atoms with Crippen molar-refractivity contribution in [3.05, 3.63) is 101 Å². The first-order chi connectivity index (χ1) is 16.5. The fraction of sp³-hybridized carbons (Fsp3) is 0.250. The molecule has 0 atom stereocenters. The third-order valence-corrected chi connectivity index (χ3v) is 6.86. The van der Waals surface area contributed by atoms with Crippen LogP contribution in [0.15, 0.2) is 78.9 Å². The van der Waals surface area contributed by atoms with Gasteiger partial charge in [-0.2, -0.15) is 0 Å². The lowest BCUT2D eigenvalue weighted by molar-refractivity contribution is -0.121. The Morgan fingerprint density at radius 1 is 0.941 bits per heavy atom. The molecule has 174 valence electrons. The molecule has 1 aliphatic heterocycles. The van der Waals surface area contributed by atoms with Crippen LogP contribution in [0.25, 0.3) is 10.9 Å². The minimum absolute atomic E-state index is 0.0168. The number of hydrogen-bond acceptors (Lipinski definition) is 2. The fourth-order valence-corrected chi connectivity index (χ4v) is 4.84. The summed E-state index contributed by atoms with van der Waals surface area (Å²) in [6.45, 7) is 3.36. The maximum absolute atomic E-state index is 13.1. The number of halogens is 2. The van der Waals surface area contributed by atoms with Crippen molar-refractivity contribution in [3.63, 3.8) is 0 Å². The third-order valence-electron chi connectivity index (χ3n) is 6.61. The first-order valence-corrected chi connectivity index (χ1v) is 12.0. The van der Waals surface area contributed by atoms with Crippen LogP contribution in [0.3, 0.4) is 0 Å². The molecule has 3 aromatic carbocycles. The summed E-state index contributed by atoms with van der Waals surface area (Å²) in [6, 6.07) is 24.7. The van der Waals surface area contributed by atoms with E-state index in [1.165, 1.54) is 34.3 Å². The van der Waals surface area contributed by atoms with Gasteiger partial charge in [-0.1, -0.05) is 41.9 Å². The average molecular weight is 476 g/mol. The van der Waals surface area contributed by atoms with Gasteiger partial charge in [-0.05, 0) is 85.4 Å². The molecular formula is C28H27ClFN3O. The maximum Gasteiger partial charge on any atom is 0.227 e. The van der Waals surface area contributed by atoms with Crippen LogP contribution in [0.4, 0.5) is 10.1 Å². The molecule has 1 saturated heterocycles. The third kappa shape index (κ3) is 5.16. The molecule has 0 unspecified atom stereocenters. The van der Waals surface area contributed by atoms with Crippen LogP contribution >= 0.6 is 11.6 Å². The van der Waals surface area contributed by atoms with Crippen molar-refractivity contribution in [2.45, 2.75) is 25.9 Å². The lowest BCUT2D eigenvalue weighted by Gasteiger charge is -2.31. The summed E-state index contributed by atoms with van der Waals surface area (Å²) in [5.41, 5.74) is 4.34. The lowest BCUT2D eigenvalue weighted by atomic mass is 9.95. The molecule has 4 aromatic rings. The van der Waals surface area contributed by atoms with Crippen molar-refractivity contribution in [2.24, 2.45) is 5.92 Å². The number of anilines is 1. The summed E-state index contributed by atoms with van der Waals surface area (Å²) < 4.78 is 15.5. The number of nitrogens with one attached hydrogen (secondary N) is 1. The van der Waals surface area contributed by atoms with Crippen LogP contribution in [-0.4, -0.2) is 28.5 Å². The molecule has 0 spiro atoms. The van der Waals surface area contributed by atoms with Crippen LogP contribution < -0.4 is 5.32 Å². The van der Waals surface area contributed by atoms with Gasteiger partial charge in [0.05, 0.1) is 0 Å². The van der Waals surface area contributed by atoms with E-state index in [4.69, 9.17) is 11.6 Å². The summed E-state index contributed by atoms with van der Waals surface area (Å²) in [7, 11) is 0. The van der Waals surface area contributed by atoms with Crippen molar-refractivity contribution in [1.29, 1.82) is 0 Å². The van der Waals surface area contributed by atoms with Gasteiger partial charge in [0.25, 0.3) is 0 Å². The molecule has 0 aliphatic carbocycles. The normalized spacial score (nSPS) is 15.0. The van der Waals surface area contributed by atoms with Gasteiger partial charge in [0.1, 0.15) is 5.82 Å². The number of carbonyl (C=O) groups is 1. The summed E-state index contributed by atoms with van der Waals surface area (Å²) >= 11 is 6.08. The van der Waals surface area contributed by atoms with E-state index in [1.54, 1.807) is 12.1 Å². The number of rotatable bonds is 6.